The zero-order valence-corrected chi connectivity index (χ0v) is 9.45. The van der Waals surface area contributed by atoms with E-state index in [2.05, 4.69) is 13.7 Å². The summed E-state index contributed by atoms with van der Waals surface area (Å²) >= 11 is 0. The number of nitrogens with two attached hydrogens (primary N) is 1. The van der Waals surface area contributed by atoms with E-state index in [0.717, 1.165) is 0 Å². The summed E-state index contributed by atoms with van der Waals surface area (Å²) in [6.07, 6.45) is 0. The van der Waals surface area contributed by atoms with Gasteiger partial charge in [0.1, 0.15) is 5.69 Å². The molecule has 0 atom stereocenters. The number of hydrogen-bond acceptors (Lipinski definition) is 7. The topological polar surface area (TPSA) is 142 Å². The lowest BCUT2D eigenvalue weighted by molar-refractivity contribution is 0.311. The number of nitrogen functional groups attached to an aromatic ring is 1. The lowest BCUT2D eigenvalue weighted by Crippen LogP contribution is -2.10. The van der Waals surface area contributed by atoms with Crippen LogP contribution in [-0.2, 0) is 10.4 Å². The van der Waals surface area contributed by atoms with Gasteiger partial charge in [-0.25, -0.2) is 0 Å². The minimum atomic E-state index is -4.03. The third-order valence-electron chi connectivity index (χ3n) is 1.94. The van der Waals surface area contributed by atoms with Crippen molar-refractivity contribution in [3.63, 3.8) is 0 Å². The van der Waals surface area contributed by atoms with E-state index in [4.69, 9.17) is 10.8 Å². The van der Waals surface area contributed by atoms with Crippen molar-refractivity contribution < 1.29 is 27.4 Å². The molecule has 1 heterocycles. The Hall–Kier alpha value is -1.71. The molecule has 0 fully saturated rings. The molecule has 0 amide bonds. The summed E-state index contributed by atoms with van der Waals surface area (Å²) in [4.78, 5) is 0. The molecule has 8 nitrogen and oxygen atoms in total. The fourth-order valence-electron chi connectivity index (χ4n) is 1.32. The Balaban J connectivity index is 0.00000144. The second-order valence-corrected chi connectivity index (χ2v) is 4.23. The SMILES string of the molecule is Nc1ccc2c(c1NCCO)OS(=O)(=O)O2.O. The van der Waals surface area contributed by atoms with Crippen molar-refractivity contribution >= 4 is 21.8 Å². The van der Waals surface area contributed by atoms with E-state index in [-0.39, 0.29) is 30.1 Å². The first kappa shape index (κ1) is 13.4. The highest BCUT2D eigenvalue weighted by molar-refractivity contribution is 7.82. The predicted molar refractivity (Wildman–Crippen MR) is 60.2 cm³/mol. The first-order valence-electron chi connectivity index (χ1n) is 4.44. The third-order valence-corrected chi connectivity index (χ3v) is 2.70. The van der Waals surface area contributed by atoms with Crippen LogP contribution in [0.15, 0.2) is 12.1 Å². The van der Waals surface area contributed by atoms with E-state index >= 15 is 0 Å². The maximum absolute atomic E-state index is 11.1. The number of benzene rings is 1. The van der Waals surface area contributed by atoms with Crippen LogP contribution in [0, 0.1) is 0 Å². The first-order valence-corrected chi connectivity index (χ1v) is 5.78. The van der Waals surface area contributed by atoms with Crippen molar-refractivity contribution in [3.8, 4) is 11.5 Å². The Bertz CT molecular complexity index is 515. The van der Waals surface area contributed by atoms with Gasteiger partial charge < -0.3 is 30.0 Å². The molecule has 1 aliphatic heterocycles. The summed E-state index contributed by atoms with van der Waals surface area (Å²) in [6.45, 7) is 0.112. The number of anilines is 2. The van der Waals surface area contributed by atoms with Gasteiger partial charge in [-0.3, -0.25) is 0 Å². The molecule has 1 aliphatic rings. The second kappa shape index (κ2) is 4.65. The molecule has 17 heavy (non-hydrogen) atoms. The Morgan fingerprint density at radius 1 is 1.35 bits per heavy atom. The molecule has 1 aromatic carbocycles. The van der Waals surface area contributed by atoms with Crippen molar-refractivity contribution in [3.05, 3.63) is 12.1 Å². The number of fused-ring (bicyclic) bond motifs is 1. The van der Waals surface area contributed by atoms with Crippen LogP contribution in [0.3, 0.4) is 0 Å². The molecule has 0 bridgehead atoms. The van der Waals surface area contributed by atoms with E-state index in [0.29, 0.717) is 11.4 Å². The quantitative estimate of drug-likeness (QED) is 0.586. The van der Waals surface area contributed by atoms with Crippen LogP contribution in [-0.4, -0.2) is 32.2 Å². The van der Waals surface area contributed by atoms with Crippen molar-refractivity contribution in [2.75, 3.05) is 24.2 Å². The maximum atomic E-state index is 11.1. The minimum absolute atomic E-state index is 0. The molecule has 0 aromatic heterocycles. The van der Waals surface area contributed by atoms with Crippen molar-refractivity contribution in [2.24, 2.45) is 0 Å². The van der Waals surface area contributed by atoms with Crippen LogP contribution < -0.4 is 19.4 Å². The molecule has 2 rings (SSSR count). The fraction of sp³-hybridized carbons (Fsp3) is 0.250. The lowest BCUT2D eigenvalue weighted by Gasteiger charge is -2.09. The average Bonchev–Trinajstić information content (AvgIpc) is 2.51. The molecule has 0 spiro atoms. The molecule has 0 aliphatic carbocycles. The van der Waals surface area contributed by atoms with E-state index in [9.17, 15) is 8.42 Å². The summed E-state index contributed by atoms with van der Waals surface area (Å²) in [7, 11) is -4.03. The van der Waals surface area contributed by atoms with E-state index in [1.165, 1.54) is 12.1 Å². The molecule has 0 saturated carbocycles. The van der Waals surface area contributed by atoms with Gasteiger partial charge in [-0.2, -0.15) is 0 Å². The Labute approximate surface area is 97.6 Å². The van der Waals surface area contributed by atoms with Crippen LogP contribution in [0.25, 0.3) is 0 Å². The first-order chi connectivity index (χ1) is 7.53. The molecule has 0 unspecified atom stereocenters. The Morgan fingerprint density at radius 2 is 2.06 bits per heavy atom. The molecule has 9 heteroatoms. The third kappa shape index (κ3) is 2.52. The Kier molecular flexibility index (Phi) is 3.66. The number of aliphatic hydroxyl groups is 1. The Morgan fingerprint density at radius 3 is 2.71 bits per heavy atom. The van der Waals surface area contributed by atoms with Gasteiger partial charge in [-0.1, -0.05) is 0 Å². The number of nitrogens with one attached hydrogen (secondary N) is 1. The van der Waals surface area contributed by atoms with E-state index in [1.54, 1.807) is 0 Å². The number of hydrogen-bond donors (Lipinski definition) is 3. The van der Waals surface area contributed by atoms with Crippen LogP contribution in [0.2, 0.25) is 0 Å². The van der Waals surface area contributed by atoms with Crippen LogP contribution in [0.4, 0.5) is 11.4 Å². The van der Waals surface area contributed by atoms with Gasteiger partial charge in [-0.05, 0) is 12.1 Å². The maximum Gasteiger partial charge on any atom is 0.501 e. The highest BCUT2D eigenvalue weighted by atomic mass is 32.3. The largest absolute Gasteiger partial charge is 0.501 e. The second-order valence-electron chi connectivity index (χ2n) is 3.08. The van der Waals surface area contributed by atoms with Crippen LogP contribution >= 0.6 is 0 Å². The molecule has 1 aromatic rings. The van der Waals surface area contributed by atoms with Gasteiger partial charge in [0.2, 0.25) is 5.75 Å². The number of rotatable bonds is 3. The molecular weight excluding hydrogens is 252 g/mol. The van der Waals surface area contributed by atoms with Gasteiger partial charge in [0.15, 0.2) is 5.75 Å². The molecule has 0 radical (unpaired) electrons. The smallest absolute Gasteiger partial charge is 0.412 e. The summed E-state index contributed by atoms with van der Waals surface area (Å²) in [5.74, 6) is 0.100. The van der Waals surface area contributed by atoms with Gasteiger partial charge in [0, 0.05) is 6.54 Å². The molecule has 96 valence electrons. The number of aliphatic hydroxyl groups excluding tert-OH is 1. The van der Waals surface area contributed by atoms with Gasteiger partial charge in [-0.15, -0.1) is 8.42 Å². The van der Waals surface area contributed by atoms with Crippen molar-refractivity contribution in [1.29, 1.82) is 0 Å². The zero-order valence-electron chi connectivity index (χ0n) is 8.63. The van der Waals surface area contributed by atoms with Gasteiger partial charge in [0.25, 0.3) is 0 Å². The van der Waals surface area contributed by atoms with Gasteiger partial charge >= 0.3 is 10.4 Å². The predicted octanol–water partition coefficient (Wildman–Crippen LogP) is -1.14. The van der Waals surface area contributed by atoms with Crippen molar-refractivity contribution in [1.82, 2.24) is 0 Å². The summed E-state index contributed by atoms with van der Waals surface area (Å²) in [6, 6.07) is 2.89. The lowest BCUT2D eigenvalue weighted by atomic mass is 10.2. The normalized spacial score (nSPS) is 15.1. The van der Waals surface area contributed by atoms with Crippen LogP contribution in [0.5, 0.6) is 11.5 Å². The van der Waals surface area contributed by atoms with E-state index < -0.39 is 10.4 Å². The van der Waals surface area contributed by atoms with Gasteiger partial charge in [0.05, 0.1) is 12.3 Å². The van der Waals surface area contributed by atoms with E-state index in [1.807, 2.05) is 0 Å². The fourth-order valence-corrected chi connectivity index (χ4v) is 2.07. The summed E-state index contributed by atoms with van der Waals surface area (Å²) in [5.41, 5.74) is 6.26. The molecule has 0 saturated heterocycles. The standard InChI is InChI=1S/C8H10N2O5S.H2O/c9-5-1-2-6-8(7(5)10-3-4-11)15-16(12,13)14-6;/h1-2,10-11H,3-4,9H2;1H2. The average molecular weight is 264 g/mol. The van der Waals surface area contributed by atoms with Crippen molar-refractivity contribution in [2.45, 2.75) is 0 Å². The minimum Gasteiger partial charge on any atom is -0.412 e. The molecule has 6 N–H and O–H groups in total. The summed E-state index contributed by atoms with van der Waals surface area (Å²) in [5, 5.41) is 11.4. The van der Waals surface area contributed by atoms with Crippen LogP contribution in [0.1, 0.15) is 0 Å². The monoisotopic (exact) mass is 264 g/mol. The highest BCUT2D eigenvalue weighted by Gasteiger charge is 2.31. The molecular formula is C8H12N2O6S. The highest BCUT2D eigenvalue weighted by Crippen LogP contribution is 2.44. The zero-order chi connectivity index (χ0) is 11.8. The summed E-state index contributed by atoms with van der Waals surface area (Å²) < 4.78 is 31.3.